The zero-order valence-corrected chi connectivity index (χ0v) is 83.7. The quantitative estimate of drug-likeness (QED) is 0.125. The van der Waals surface area contributed by atoms with Crippen LogP contribution in [-0.4, -0.2) is 151 Å². The zero-order valence-electron chi connectivity index (χ0n) is 66.9. The molecule has 0 saturated carbocycles. The molecule has 6 aliphatic heterocycles. The number of likely N-dealkylation sites (tertiary alicyclic amines) is 3. The molecule has 0 aromatic carbocycles. The summed E-state index contributed by atoms with van der Waals surface area (Å²) < 4.78 is 95.7. The average molecular weight is 1910 g/mol. The Hall–Kier alpha value is -5.54. The van der Waals surface area contributed by atoms with Gasteiger partial charge in [0, 0.05) is 132 Å². The second-order valence-corrected chi connectivity index (χ2v) is 70.8. The molecule has 8 rings (SSSR count). The molecule has 3 amide bonds. The van der Waals surface area contributed by atoms with Crippen molar-refractivity contribution in [2.75, 3.05) is 35.4 Å². The van der Waals surface area contributed by atoms with Crippen molar-refractivity contribution >= 4 is 169 Å². The monoisotopic (exact) mass is 1910 g/mol. The van der Waals surface area contributed by atoms with Crippen LogP contribution in [0.2, 0.25) is 0 Å². The predicted molar refractivity (Wildman–Crippen MR) is 512 cm³/mol. The highest BCUT2D eigenvalue weighted by atomic mass is 79.9. The number of amides is 3. The molecule has 0 aliphatic carbocycles. The van der Waals surface area contributed by atoms with Crippen molar-refractivity contribution in [2.24, 2.45) is 0 Å². The molecule has 2 N–H and O–H groups in total. The smallest absolute Gasteiger partial charge is 0.410 e. The first-order valence-electron chi connectivity index (χ1n) is 35.0. The van der Waals surface area contributed by atoms with Crippen LogP contribution in [-0.2, 0) is 44.3 Å². The number of nitrogens with one attached hydrogen (secondary N) is 2. The van der Waals surface area contributed by atoms with E-state index < -0.39 is 58.0 Å². The van der Waals surface area contributed by atoms with Gasteiger partial charge in [-0.2, -0.15) is 0 Å². The predicted octanol–water partition coefficient (Wildman–Crippen LogP) is 14.4. The van der Waals surface area contributed by atoms with E-state index in [0.717, 1.165) is 4.60 Å². The third-order valence-electron chi connectivity index (χ3n) is 15.5. The van der Waals surface area contributed by atoms with E-state index in [1.54, 1.807) is 58.3 Å². The molecule has 20 nitrogen and oxygen atoms in total. The number of nitrogens with zero attached hydrogens (tertiary/aromatic N) is 6. The summed E-state index contributed by atoms with van der Waals surface area (Å²) in [6, 6.07) is 10.8. The molecule has 116 heavy (non-hydrogen) atoms. The third-order valence-corrected chi connectivity index (χ3v) is 70.1. The van der Waals surface area contributed by atoms with E-state index in [0.29, 0.717) is 76.8 Å². The van der Waals surface area contributed by atoms with Crippen molar-refractivity contribution in [1.82, 2.24) is 34.1 Å². The largest absolute Gasteiger partial charge is 0.444 e. The van der Waals surface area contributed by atoms with Gasteiger partial charge in [-0.3, -0.25) is 0 Å². The molecule has 14 atom stereocenters. The minimum atomic E-state index is -3.40. The fraction of sp³-hybridized carbons (Fsp3) is 0.438. The van der Waals surface area contributed by atoms with Crippen molar-refractivity contribution in [1.29, 1.82) is 0 Å². The Labute approximate surface area is 722 Å². The second kappa shape index (κ2) is 53.3. The van der Waals surface area contributed by atoms with E-state index in [1.165, 1.54) is 9.71 Å². The van der Waals surface area contributed by atoms with E-state index in [1.807, 2.05) is 101 Å². The second-order valence-electron chi connectivity index (χ2n) is 28.1. The summed E-state index contributed by atoms with van der Waals surface area (Å²) in [6.07, 6.45) is 13.7. The molecule has 6 aliphatic rings. The van der Waals surface area contributed by atoms with E-state index in [4.69, 9.17) is 20.6 Å². The van der Waals surface area contributed by atoms with Gasteiger partial charge in [-0.15, -0.1) is 77.9 Å². The lowest BCUT2D eigenvalue weighted by molar-refractivity contribution is 0.00325. The van der Waals surface area contributed by atoms with Crippen LogP contribution in [0, 0.1) is 178 Å². The lowest BCUT2D eigenvalue weighted by Crippen LogP contribution is -2.58. The number of terminal acetylenes is 1. The van der Waals surface area contributed by atoms with Gasteiger partial charge in [0.05, 0.1) is 22.6 Å². The number of carbonyl (C=O) groups is 3. The van der Waals surface area contributed by atoms with Crippen molar-refractivity contribution < 1.29 is 53.8 Å². The number of piperidine rings is 3. The van der Waals surface area contributed by atoms with Crippen LogP contribution in [0.1, 0.15) is 141 Å². The number of pyridine rings is 2. The minimum absolute atomic E-state index is 0.0283. The maximum absolute atomic E-state index is 12.7. The Bertz CT molecular complexity index is 5170. The van der Waals surface area contributed by atoms with Crippen LogP contribution < -0.4 is 13.7 Å². The first-order valence-corrected chi connectivity index (χ1v) is 60.5. The minimum Gasteiger partial charge on any atom is -0.444 e. The van der Waals surface area contributed by atoms with Gasteiger partial charge in [-0.25, -0.2) is 63.4 Å². The lowest BCUT2D eigenvalue weighted by atomic mass is 9.81. The van der Waals surface area contributed by atoms with Crippen molar-refractivity contribution in [3.05, 3.63) is 64.9 Å². The van der Waals surface area contributed by atoms with Crippen LogP contribution >= 0.6 is 115 Å². The topological polar surface area (TPSA) is 244 Å². The van der Waals surface area contributed by atoms with E-state index in [2.05, 4.69) is 278 Å². The van der Waals surface area contributed by atoms with Crippen LogP contribution in [0.4, 0.5) is 20.2 Å². The number of ether oxygens (including phenoxy) is 3. The number of halogens is 1. The lowest BCUT2D eigenvalue weighted by Gasteiger charge is -2.47. The number of hydrogen-bond acceptors (Lipinski definition) is 14. The van der Waals surface area contributed by atoms with Gasteiger partial charge in [0.25, 0.3) is 0 Å². The first kappa shape index (κ1) is 107. The van der Waals surface area contributed by atoms with Crippen molar-refractivity contribution in [2.45, 2.75) is 193 Å². The molecular formula is C80H97BrN8O12P12S3. The summed E-state index contributed by atoms with van der Waals surface area (Å²) in [4.78, 5) is 49.9. The molecule has 8 unspecified atom stereocenters. The molecular weight excluding hydrogens is 1810 g/mol. The first-order chi connectivity index (χ1) is 54.4. The Morgan fingerprint density at radius 1 is 0.500 bits per heavy atom. The maximum atomic E-state index is 12.7. The van der Waals surface area contributed by atoms with Crippen LogP contribution in [0.25, 0.3) is 0 Å². The Morgan fingerprint density at radius 3 is 1.16 bits per heavy atom. The van der Waals surface area contributed by atoms with Crippen LogP contribution in [0.3, 0.4) is 0 Å². The van der Waals surface area contributed by atoms with E-state index in [-0.39, 0.29) is 81.4 Å². The summed E-state index contributed by atoms with van der Waals surface area (Å²) >= 11 is 3.20. The normalized spacial score (nSPS) is 20.4. The zero-order chi connectivity index (χ0) is 87.5. The number of aromatic nitrogens is 2. The fourth-order valence-corrected chi connectivity index (χ4v) is 103. The van der Waals surface area contributed by atoms with Crippen LogP contribution in [0.5, 0.6) is 0 Å². The van der Waals surface area contributed by atoms with Gasteiger partial charge in [0.1, 0.15) is 27.2 Å². The van der Waals surface area contributed by atoms with Crippen molar-refractivity contribution in [3.8, 4) is 178 Å². The number of sulfonamides is 3. The number of anilines is 1. The van der Waals surface area contributed by atoms with Crippen LogP contribution in [0.15, 0.2) is 64.9 Å². The molecule has 0 radical (unpaired) electrons. The van der Waals surface area contributed by atoms with Gasteiger partial charge in [-0.05, 0) is 304 Å². The van der Waals surface area contributed by atoms with E-state index in [9.17, 15) is 39.6 Å². The number of carbonyl (C=O) groups excluding carboxylic acids is 3. The summed E-state index contributed by atoms with van der Waals surface area (Å²) in [5, 5.41) is 1.21. The standard InChI is InChI=1S/C31H4.C18H27N3O4S.C13H24N2O4S.C13H22N2O4S.C5H4BrN.H12P10.H4P2/c1-3-5-7-9-11-13-15-17-19-21-23-25-27-29-31-30-28-26-24-22-20-18-16-14-12-10-8-6-4-2;1-14-13-18(8-11-20(14)16(22)25-17(2,3)4)9-12-26(23,24)21(18)15-7-5-6-10-19-15;2*1-10-9-13(6-8-20(17,18)14-13)5-7-15(10)11(16)19-12(2,3)4;6-5-3-1-2-4-7-5;1-7(2)10(8(3)4)9(5)6;1-2/h1H,2H3;5-7,10,14H,8-9,11-13H2,1-4H3;10,14H,5-9H2,1-4H3;6,8,10,14H,5,7,9H2,1-4H3;1-4H;1-6H2;1-2H2/t;14-,18-;2*10-,13-;;;/m.000.../s1. The molecule has 2 aromatic heterocycles. The molecule has 0 bridgehead atoms. The molecule has 8 heterocycles. The summed E-state index contributed by atoms with van der Waals surface area (Å²) in [5.41, 5.74) is -3.02. The average Bonchev–Trinajstić information content (AvgIpc) is 1.57. The van der Waals surface area contributed by atoms with Gasteiger partial charge >= 0.3 is 18.3 Å². The van der Waals surface area contributed by atoms with Gasteiger partial charge in [0.15, 0.2) is 0 Å². The molecule has 3 spiro atoms. The Kier molecular flexibility index (Phi) is 48.9. The highest BCUT2D eigenvalue weighted by Crippen LogP contribution is 3.10. The Morgan fingerprint density at radius 2 is 0.871 bits per heavy atom. The summed E-state index contributed by atoms with van der Waals surface area (Å²) in [5.74, 6) is 72.6. The molecule has 5 saturated heterocycles. The van der Waals surface area contributed by atoms with Gasteiger partial charge in [-0.1, -0.05) is 24.1 Å². The highest BCUT2D eigenvalue weighted by molar-refractivity contribution is 9.16. The number of hydrogen-bond donors (Lipinski definition) is 2. The van der Waals surface area contributed by atoms with Gasteiger partial charge < -0.3 is 28.9 Å². The highest BCUT2D eigenvalue weighted by Gasteiger charge is 2.54. The molecule has 2 aromatic rings. The van der Waals surface area contributed by atoms with E-state index >= 15 is 0 Å². The summed E-state index contributed by atoms with van der Waals surface area (Å²) in [7, 11) is 12.5. The fourth-order valence-electron chi connectivity index (χ4n) is 11.3. The number of rotatable bonds is 4. The third kappa shape index (κ3) is 42.6. The van der Waals surface area contributed by atoms with Gasteiger partial charge in [0.2, 0.25) is 30.1 Å². The van der Waals surface area contributed by atoms with Crippen molar-refractivity contribution in [3.63, 3.8) is 0 Å². The molecule has 5 fully saturated rings. The maximum Gasteiger partial charge on any atom is 0.410 e. The molecule has 36 heteroatoms. The Balaban J connectivity index is 0.000000491. The summed E-state index contributed by atoms with van der Waals surface area (Å²) in [6.45, 7) is 26.1. The molecule has 614 valence electrons. The SMILES string of the molecule is Brc1ccccn1.C#CC#CC#CC#CC#CC#CC#CC#CC#CC#CC#CC#CC#CC#CC#CC.C[C@H]1C[C@@]2(C=CS(=O)(=O)N2)CCN1C(=O)OC(C)(C)C.C[C@H]1C[C@]2(CCN1C(=O)OC(C)(C)C)CCS(=O)(=O)N2.C[C@H]1C[C@]2(CCN1C(=O)OC(C)(C)C)CCS(=O)(=O)N2c1ccccn1.PP.PP(P)P(P(P)P)P(P)P.